The number of nitrogens with zero attached hydrogens (tertiary/aromatic N) is 2. The van der Waals surface area contributed by atoms with Crippen molar-refractivity contribution in [3.05, 3.63) is 0 Å². The van der Waals surface area contributed by atoms with Gasteiger partial charge in [0.15, 0.2) is 5.96 Å². The Morgan fingerprint density at radius 3 is 2.53 bits per heavy atom. The second-order valence-electron chi connectivity index (χ2n) is 5.09. The molecule has 2 N–H and O–H groups in total. The van der Waals surface area contributed by atoms with Gasteiger partial charge in [0.2, 0.25) is 0 Å². The smallest absolute Gasteiger partial charge is 0.191 e. The molecule has 0 radical (unpaired) electrons. The van der Waals surface area contributed by atoms with Crippen LogP contribution < -0.4 is 5.73 Å². The molecule has 0 aromatic heterocycles. The maximum Gasteiger partial charge on any atom is 0.191 e. The highest BCUT2D eigenvalue weighted by molar-refractivity contribution is 5.78. The standard InChI is InChI=1S/C12H25N3/c1-10(2)4-7-14-12(13)15-8-5-11(3)6-9-15/h10-11H,4-9H2,1-3H3,(H2,13,14). The number of hydrogen-bond donors (Lipinski definition) is 1. The molecule has 1 fully saturated rings. The predicted molar refractivity (Wildman–Crippen MR) is 65.9 cm³/mol. The molecule has 1 aliphatic rings. The third-order valence-electron chi connectivity index (χ3n) is 3.09. The Hall–Kier alpha value is -0.730. The SMILES string of the molecule is CC(C)CCN=C(N)N1CCC(C)CC1. The Balaban J connectivity index is 2.29. The zero-order chi connectivity index (χ0) is 11.3. The first kappa shape index (κ1) is 12.3. The van der Waals surface area contributed by atoms with E-state index in [1.165, 1.54) is 12.8 Å². The summed E-state index contributed by atoms with van der Waals surface area (Å²) in [6.07, 6.45) is 3.63. The minimum atomic E-state index is 0.711. The molecule has 88 valence electrons. The maximum atomic E-state index is 5.96. The topological polar surface area (TPSA) is 41.6 Å². The summed E-state index contributed by atoms with van der Waals surface area (Å²) in [5.41, 5.74) is 5.96. The average Bonchev–Trinajstić information content (AvgIpc) is 2.18. The minimum absolute atomic E-state index is 0.711. The van der Waals surface area contributed by atoms with E-state index in [1.54, 1.807) is 0 Å². The number of likely N-dealkylation sites (tertiary alicyclic amines) is 1. The lowest BCUT2D eigenvalue weighted by molar-refractivity contribution is 0.277. The van der Waals surface area contributed by atoms with Crippen LogP contribution in [0.15, 0.2) is 4.99 Å². The first-order chi connectivity index (χ1) is 7.09. The van der Waals surface area contributed by atoms with E-state index >= 15 is 0 Å². The molecule has 0 aromatic carbocycles. The predicted octanol–water partition coefficient (Wildman–Crippen LogP) is 2.08. The van der Waals surface area contributed by atoms with Crippen LogP contribution in [0.4, 0.5) is 0 Å². The summed E-state index contributed by atoms with van der Waals surface area (Å²) in [6.45, 7) is 9.78. The largest absolute Gasteiger partial charge is 0.370 e. The van der Waals surface area contributed by atoms with Crippen molar-refractivity contribution in [3.63, 3.8) is 0 Å². The molecule has 0 aliphatic carbocycles. The molecule has 3 nitrogen and oxygen atoms in total. The quantitative estimate of drug-likeness (QED) is 0.573. The Morgan fingerprint density at radius 1 is 1.40 bits per heavy atom. The molecule has 1 heterocycles. The lowest BCUT2D eigenvalue weighted by Gasteiger charge is -2.31. The molecular weight excluding hydrogens is 186 g/mol. The summed E-state index contributed by atoms with van der Waals surface area (Å²) in [7, 11) is 0. The highest BCUT2D eigenvalue weighted by Gasteiger charge is 2.16. The van der Waals surface area contributed by atoms with Crippen molar-refractivity contribution in [2.45, 2.75) is 40.0 Å². The zero-order valence-electron chi connectivity index (χ0n) is 10.4. The fourth-order valence-electron chi connectivity index (χ4n) is 1.77. The minimum Gasteiger partial charge on any atom is -0.370 e. The van der Waals surface area contributed by atoms with Crippen LogP contribution in [0.1, 0.15) is 40.0 Å². The molecule has 0 unspecified atom stereocenters. The molecule has 0 atom stereocenters. The third-order valence-corrected chi connectivity index (χ3v) is 3.09. The highest BCUT2D eigenvalue weighted by Crippen LogP contribution is 2.15. The monoisotopic (exact) mass is 211 g/mol. The molecule has 1 rings (SSSR count). The van der Waals surface area contributed by atoms with E-state index in [9.17, 15) is 0 Å². The van der Waals surface area contributed by atoms with E-state index in [1.807, 2.05) is 0 Å². The summed E-state index contributed by atoms with van der Waals surface area (Å²) in [4.78, 5) is 6.66. The van der Waals surface area contributed by atoms with Crippen molar-refractivity contribution in [2.24, 2.45) is 22.6 Å². The van der Waals surface area contributed by atoms with E-state index in [0.29, 0.717) is 5.92 Å². The number of hydrogen-bond acceptors (Lipinski definition) is 1. The van der Waals surface area contributed by atoms with Crippen molar-refractivity contribution in [3.8, 4) is 0 Å². The average molecular weight is 211 g/mol. The van der Waals surface area contributed by atoms with Gasteiger partial charge >= 0.3 is 0 Å². The van der Waals surface area contributed by atoms with Gasteiger partial charge in [0.25, 0.3) is 0 Å². The van der Waals surface area contributed by atoms with Gasteiger partial charge in [-0.05, 0) is 31.1 Å². The van der Waals surface area contributed by atoms with Gasteiger partial charge in [0.05, 0.1) is 0 Å². The second kappa shape index (κ2) is 5.99. The normalized spacial score (nSPS) is 20.0. The summed E-state index contributed by atoms with van der Waals surface area (Å²) in [5, 5.41) is 0. The highest BCUT2D eigenvalue weighted by atomic mass is 15.3. The third kappa shape index (κ3) is 4.54. The van der Waals surface area contributed by atoms with Crippen molar-refractivity contribution in [2.75, 3.05) is 19.6 Å². The fraction of sp³-hybridized carbons (Fsp3) is 0.917. The maximum absolute atomic E-state index is 5.96. The summed E-state index contributed by atoms with van der Waals surface area (Å²) in [5.74, 6) is 2.31. The van der Waals surface area contributed by atoms with E-state index in [2.05, 4.69) is 30.7 Å². The lowest BCUT2D eigenvalue weighted by atomic mass is 10.00. The van der Waals surface area contributed by atoms with Crippen molar-refractivity contribution < 1.29 is 0 Å². The number of aliphatic imine (C=N–C) groups is 1. The Bertz CT molecular complexity index is 203. The molecule has 0 aromatic rings. The molecule has 15 heavy (non-hydrogen) atoms. The van der Waals surface area contributed by atoms with Crippen molar-refractivity contribution in [1.82, 2.24) is 4.90 Å². The van der Waals surface area contributed by atoms with Crippen LogP contribution in [0, 0.1) is 11.8 Å². The van der Waals surface area contributed by atoms with Gasteiger partial charge in [-0.15, -0.1) is 0 Å². The van der Waals surface area contributed by atoms with Crippen LogP contribution in [0.5, 0.6) is 0 Å². The van der Waals surface area contributed by atoms with Crippen LogP contribution in [-0.4, -0.2) is 30.5 Å². The molecule has 3 heteroatoms. The van der Waals surface area contributed by atoms with Gasteiger partial charge in [-0.1, -0.05) is 20.8 Å². The fourth-order valence-corrected chi connectivity index (χ4v) is 1.77. The van der Waals surface area contributed by atoms with E-state index in [-0.39, 0.29) is 0 Å². The number of nitrogens with two attached hydrogens (primary N) is 1. The molecule has 0 bridgehead atoms. The van der Waals surface area contributed by atoms with Crippen LogP contribution in [0.25, 0.3) is 0 Å². The van der Waals surface area contributed by atoms with Gasteiger partial charge < -0.3 is 10.6 Å². The molecule has 1 aliphatic heterocycles. The summed E-state index contributed by atoms with van der Waals surface area (Å²) >= 11 is 0. The first-order valence-electron chi connectivity index (χ1n) is 6.14. The molecule has 0 amide bonds. The van der Waals surface area contributed by atoms with Crippen molar-refractivity contribution in [1.29, 1.82) is 0 Å². The van der Waals surface area contributed by atoms with E-state index in [4.69, 9.17) is 5.73 Å². The number of guanidine groups is 1. The van der Waals surface area contributed by atoms with E-state index < -0.39 is 0 Å². The van der Waals surface area contributed by atoms with Gasteiger partial charge in [0, 0.05) is 19.6 Å². The second-order valence-corrected chi connectivity index (χ2v) is 5.09. The van der Waals surface area contributed by atoms with Crippen LogP contribution in [-0.2, 0) is 0 Å². The number of rotatable bonds is 3. The van der Waals surface area contributed by atoms with Gasteiger partial charge in [0.1, 0.15) is 0 Å². The molecular formula is C12H25N3. The molecule has 1 saturated heterocycles. The van der Waals surface area contributed by atoms with Crippen LogP contribution >= 0.6 is 0 Å². The summed E-state index contributed by atoms with van der Waals surface area (Å²) < 4.78 is 0. The van der Waals surface area contributed by atoms with Crippen molar-refractivity contribution >= 4 is 5.96 Å². The van der Waals surface area contributed by atoms with Crippen LogP contribution in [0.3, 0.4) is 0 Å². The Kier molecular flexibility index (Phi) is 4.92. The Morgan fingerprint density at radius 2 is 2.00 bits per heavy atom. The zero-order valence-corrected chi connectivity index (χ0v) is 10.4. The lowest BCUT2D eigenvalue weighted by Crippen LogP contribution is -2.42. The summed E-state index contributed by atoms with van der Waals surface area (Å²) in [6, 6.07) is 0. The Labute approximate surface area is 93.7 Å². The van der Waals surface area contributed by atoms with Gasteiger partial charge in [-0.25, -0.2) is 0 Å². The molecule has 0 spiro atoms. The number of piperidine rings is 1. The first-order valence-corrected chi connectivity index (χ1v) is 6.14. The molecule has 0 saturated carbocycles. The van der Waals surface area contributed by atoms with E-state index in [0.717, 1.165) is 37.9 Å². The van der Waals surface area contributed by atoms with Gasteiger partial charge in [-0.2, -0.15) is 0 Å². The van der Waals surface area contributed by atoms with Crippen LogP contribution in [0.2, 0.25) is 0 Å². The van der Waals surface area contributed by atoms with Gasteiger partial charge in [-0.3, -0.25) is 4.99 Å².